The van der Waals surface area contributed by atoms with E-state index < -0.39 is 0 Å². The molecule has 0 N–H and O–H groups in total. The van der Waals surface area contributed by atoms with Crippen molar-refractivity contribution in [3.05, 3.63) is 174 Å². The number of benzene rings is 5. The lowest BCUT2D eigenvalue weighted by atomic mass is 9.91. The highest BCUT2D eigenvalue weighted by atomic mass is 15.0. The van der Waals surface area contributed by atoms with Gasteiger partial charge in [0.05, 0.1) is 29.8 Å². The number of pyridine rings is 2. The van der Waals surface area contributed by atoms with E-state index in [1.54, 1.807) is 6.08 Å². The Morgan fingerprint density at radius 2 is 1.18 bits per heavy atom. The van der Waals surface area contributed by atoms with Gasteiger partial charge in [0.15, 0.2) is 11.7 Å². The number of aromatic nitrogens is 2. The summed E-state index contributed by atoms with van der Waals surface area (Å²) in [5, 5.41) is 6.45. The van der Waals surface area contributed by atoms with Crippen molar-refractivity contribution >= 4 is 73.5 Å². The lowest BCUT2D eigenvalue weighted by Crippen LogP contribution is -2.12. The molecular weight excluding hydrogens is 613 g/mol. The van der Waals surface area contributed by atoms with Crippen LogP contribution in [0.15, 0.2) is 172 Å². The average molecular weight is 645 g/mol. The third-order valence-corrected chi connectivity index (χ3v) is 8.85. The minimum absolute atomic E-state index is 0.368. The van der Waals surface area contributed by atoms with Gasteiger partial charge in [-0.1, -0.05) is 140 Å². The molecule has 238 valence electrons. The van der Waals surface area contributed by atoms with Gasteiger partial charge in [0.1, 0.15) is 11.4 Å². The SMILES string of the molecule is C=C/C=C1/C=Cc2ccccc2/C1=N/CC/N=C(\N=C(/N=C)c1ccc2ccc3ccccc3c2n1)c1ccc2ccc3ccccc3c2n1. The zero-order valence-corrected chi connectivity index (χ0v) is 27.4. The van der Waals surface area contributed by atoms with Crippen LogP contribution in [0.3, 0.4) is 0 Å². The average Bonchev–Trinajstić information content (AvgIpc) is 3.17. The van der Waals surface area contributed by atoms with Crippen LogP contribution in [0.5, 0.6) is 0 Å². The van der Waals surface area contributed by atoms with Crippen molar-refractivity contribution in [1.29, 1.82) is 0 Å². The van der Waals surface area contributed by atoms with Gasteiger partial charge in [0.25, 0.3) is 0 Å². The summed E-state index contributed by atoms with van der Waals surface area (Å²) in [6.07, 6.45) is 7.95. The number of allylic oxidation sites excluding steroid dienone is 4. The second-order valence-corrected chi connectivity index (χ2v) is 11.9. The predicted molar refractivity (Wildman–Crippen MR) is 211 cm³/mol. The highest BCUT2D eigenvalue weighted by Crippen LogP contribution is 2.27. The number of aliphatic imine (C=N–C) groups is 4. The van der Waals surface area contributed by atoms with Crippen LogP contribution in [0.1, 0.15) is 22.5 Å². The molecule has 0 aliphatic heterocycles. The molecule has 0 bridgehead atoms. The maximum Gasteiger partial charge on any atom is 0.179 e. The van der Waals surface area contributed by atoms with Crippen molar-refractivity contribution in [3.8, 4) is 0 Å². The fraction of sp³-hybridized carbons (Fsp3) is 0.0455. The molecule has 50 heavy (non-hydrogen) atoms. The molecule has 2 aromatic heterocycles. The van der Waals surface area contributed by atoms with Gasteiger partial charge in [0.2, 0.25) is 0 Å². The van der Waals surface area contributed by atoms with Gasteiger partial charge in [-0.2, -0.15) is 0 Å². The highest BCUT2D eigenvalue weighted by molar-refractivity contribution is 6.19. The van der Waals surface area contributed by atoms with E-state index in [1.807, 2.05) is 60.7 Å². The number of rotatable bonds is 6. The molecule has 8 rings (SSSR count). The molecule has 0 fully saturated rings. The van der Waals surface area contributed by atoms with Crippen molar-refractivity contribution in [1.82, 2.24) is 9.97 Å². The third-order valence-electron chi connectivity index (χ3n) is 8.85. The van der Waals surface area contributed by atoms with Crippen LogP contribution >= 0.6 is 0 Å². The molecule has 0 spiro atoms. The lowest BCUT2D eigenvalue weighted by Gasteiger charge is -2.15. The van der Waals surface area contributed by atoms with E-state index in [0.29, 0.717) is 36.1 Å². The number of hydrogen-bond donors (Lipinski definition) is 0. The van der Waals surface area contributed by atoms with E-state index in [2.05, 4.69) is 97.2 Å². The maximum absolute atomic E-state index is 5.12. The summed E-state index contributed by atoms with van der Waals surface area (Å²) in [6, 6.07) is 41.2. The van der Waals surface area contributed by atoms with Crippen LogP contribution < -0.4 is 0 Å². The minimum atomic E-state index is 0.368. The standard InChI is InChI=1S/C44H32N6/c1-3-10-32-20-17-29-11-4-7-14-35(29)40(32)46-27-28-47-44(39-26-24-34-22-19-31-13-6-9-16-37(31)42(34)49-39)50-43(45-2)38-25-23-33-21-18-30-12-5-8-15-36(30)41(33)48-38/h3-26H,1-2,27-28H2/b32-10-,46-40+,47-44-,50-43-. The van der Waals surface area contributed by atoms with Crippen LogP contribution in [0.4, 0.5) is 0 Å². The molecule has 6 nitrogen and oxygen atoms in total. The Bertz CT molecular complexity index is 2640. The first-order valence-electron chi connectivity index (χ1n) is 16.5. The molecule has 6 heteroatoms. The Morgan fingerprint density at radius 1 is 0.600 bits per heavy atom. The Kier molecular flexibility index (Phi) is 8.25. The van der Waals surface area contributed by atoms with Crippen LogP contribution in [0.25, 0.3) is 49.4 Å². The quantitative estimate of drug-likeness (QED) is 0.0783. The highest BCUT2D eigenvalue weighted by Gasteiger charge is 2.16. The largest absolute Gasteiger partial charge is 0.282 e. The fourth-order valence-electron chi connectivity index (χ4n) is 6.44. The summed E-state index contributed by atoms with van der Waals surface area (Å²) in [7, 11) is 0. The van der Waals surface area contributed by atoms with Gasteiger partial charge in [-0.15, -0.1) is 0 Å². The summed E-state index contributed by atoms with van der Waals surface area (Å²) in [5.74, 6) is 0.806. The van der Waals surface area contributed by atoms with E-state index in [4.69, 9.17) is 24.9 Å². The van der Waals surface area contributed by atoms with Gasteiger partial charge in [0, 0.05) is 32.7 Å². The predicted octanol–water partition coefficient (Wildman–Crippen LogP) is 9.61. The number of fused-ring (bicyclic) bond motifs is 7. The Hall–Kier alpha value is -6.66. The van der Waals surface area contributed by atoms with E-state index in [1.165, 1.54) is 0 Å². The first-order valence-corrected chi connectivity index (χ1v) is 16.5. The third kappa shape index (κ3) is 5.84. The summed E-state index contributed by atoms with van der Waals surface area (Å²) in [5.41, 5.74) is 7.15. The van der Waals surface area contributed by atoms with E-state index >= 15 is 0 Å². The molecule has 0 saturated heterocycles. The molecular formula is C44H32N6. The molecule has 0 unspecified atom stereocenters. The molecule has 0 amide bonds. The molecule has 1 aliphatic carbocycles. The van der Waals surface area contributed by atoms with Crippen molar-refractivity contribution in [2.45, 2.75) is 0 Å². The first-order chi connectivity index (χ1) is 24.7. The molecule has 2 heterocycles. The smallest absolute Gasteiger partial charge is 0.179 e. The lowest BCUT2D eigenvalue weighted by molar-refractivity contribution is 0.971. The molecule has 7 aromatic rings. The maximum atomic E-state index is 5.12. The molecule has 0 radical (unpaired) electrons. The van der Waals surface area contributed by atoms with Gasteiger partial charge in [-0.3, -0.25) is 9.98 Å². The van der Waals surface area contributed by atoms with Crippen LogP contribution in [-0.4, -0.2) is 47.2 Å². The fourth-order valence-corrected chi connectivity index (χ4v) is 6.44. The van der Waals surface area contributed by atoms with Crippen LogP contribution in [0, 0.1) is 0 Å². The summed E-state index contributed by atoms with van der Waals surface area (Å²) in [4.78, 5) is 29.5. The second-order valence-electron chi connectivity index (χ2n) is 11.9. The van der Waals surface area contributed by atoms with Crippen molar-refractivity contribution in [2.24, 2.45) is 20.0 Å². The van der Waals surface area contributed by atoms with Crippen molar-refractivity contribution in [2.75, 3.05) is 13.1 Å². The van der Waals surface area contributed by atoms with E-state index in [-0.39, 0.29) is 0 Å². The minimum Gasteiger partial charge on any atom is -0.282 e. The zero-order valence-electron chi connectivity index (χ0n) is 27.4. The Morgan fingerprint density at radius 3 is 1.84 bits per heavy atom. The van der Waals surface area contributed by atoms with Crippen molar-refractivity contribution in [3.63, 3.8) is 0 Å². The Balaban J connectivity index is 1.23. The first kappa shape index (κ1) is 30.7. The van der Waals surface area contributed by atoms with E-state index in [0.717, 1.165) is 65.8 Å². The molecule has 0 saturated carbocycles. The number of amidine groups is 2. The second kappa shape index (κ2) is 13.5. The van der Waals surface area contributed by atoms with Gasteiger partial charge in [-0.25, -0.2) is 20.0 Å². The van der Waals surface area contributed by atoms with Crippen LogP contribution in [0.2, 0.25) is 0 Å². The normalized spacial score (nSPS) is 15.0. The van der Waals surface area contributed by atoms with Crippen molar-refractivity contribution < 1.29 is 0 Å². The van der Waals surface area contributed by atoms with E-state index in [9.17, 15) is 0 Å². The molecule has 5 aromatic carbocycles. The summed E-state index contributed by atoms with van der Waals surface area (Å²) in [6.45, 7) is 8.61. The Labute approximate surface area is 290 Å². The monoisotopic (exact) mass is 644 g/mol. The number of hydrogen-bond acceptors (Lipinski definition) is 4. The topological polar surface area (TPSA) is 75.2 Å². The van der Waals surface area contributed by atoms with Gasteiger partial charge >= 0.3 is 0 Å². The summed E-state index contributed by atoms with van der Waals surface area (Å²) < 4.78 is 0. The number of nitrogens with zero attached hydrogens (tertiary/aromatic N) is 6. The molecule has 1 aliphatic rings. The van der Waals surface area contributed by atoms with Gasteiger partial charge < -0.3 is 0 Å². The molecule has 0 atom stereocenters. The van der Waals surface area contributed by atoms with Gasteiger partial charge in [-0.05, 0) is 35.2 Å². The summed E-state index contributed by atoms with van der Waals surface area (Å²) >= 11 is 0. The zero-order chi connectivity index (χ0) is 33.9. The van der Waals surface area contributed by atoms with Crippen LogP contribution in [-0.2, 0) is 0 Å².